The van der Waals surface area contributed by atoms with Crippen LogP contribution in [-0.2, 0) is 11.3 Å². The molecule has 25 heavy (non-hydrogen) atoms. The van der Waals surface area contributed by atoms with E-state index in [1.165, 1.54) is 17.0 Å². The fraction of sp³-hybridized carbons (Fsp3) is 0.158. The summed E-state index contributed by atoms with van der Waals surface area (Å²) in [5, 5.41) is 3.55. The first-order valence-electron chi connectivity index (χ1n) is 7.87. The van der Waals surface area contributed by atoms with E-state index in [0.29, 0.717) is 5.56 Å². The minimum atomic E-state index is -0.320. The van der Waals surface area contributed by atoms with Gasteiger partial charge in [0, 0.05) is 30.7 Å². The molecule has 2 amide bonds. The third-order valence-electron chi connectivity index (χ3n) is 3.95. The van der Waals surface area contributed by atoms with Crippen LogP contribution in [-0.4, -0.2) is 35.3 Å². The molecule has 3 rings (SSSR count). The molecule has 0 aliphatic rings. The molecule has 128 valence electrons. The number of aromatic nitrogens is 1. The van der Waals surface area contributed by atoms with Gasteiger partial charge < -0.3 is 15.2 Å². The van der Waals surface area contributed by atoms with Crippen molar-refractivity contribution < 1.29 is 14.0 Å². The summed E-state index contributed by atoms with van der Waals surface area (Å²) in [5.41, 5.74) is 2.20. The molecule has 0 spiro atoms. The molecule has 3 aromatic rings. The van der Waals surface area contributed by atoms with Crippen molar-refractivity contribution in [3.63, 3.8) is 0 Å². The van der Waals surface area contributed by atoms with Crippen LogP contribution in [0.5, 0.6) is 0 Å². The number of hydrogen-bond donors (Lipinski definition) is 2. The van der Waals surface area contributed by atoms with E-state index < -0.39 is 0 Å². The summed E-state index contributed by atoms with van der Waals surface area (Å²) in [4.78, 5) is 29.0. The second kappa shape index (κ2) is 7.17. The maximum atomic E-state index is 12.9. The summed E-state index contributed by atoms with van der Waals surface area (Å²) in [7, 11) is 1.58. The number of rotatable bonds is 5. The van der Waals surface area contributed by atoms with Gasteiger partial charge >= 0.3 is 0 Å². The first-order chi connectivity index (χ1) is 12.0. The standard InChI is InChI=1S/C19H18FN3O2/c1-23(12-18(24)22-10-13-6-8-14(20)9-7-13)19(25)16-11-21-17-5-3-2-4-15(16)17/h2-9,11,21H,10,12H2,1H3,(H,22,24). The predicted octanol–water partition coefficient (Wildman–Crippen LogP) is 2.70. The van der Waals surface area contributed by atoms with Crippen molar-refractivity contribution in [2.45, 2.75) is 6.54 Å². The Morgan fingerprint density at radius 3 is 2.60 bits per heavy atom. The fourth-order valence-electron chi connectivity index (χ4n) is 2.60. The molecule has 0 unspecified atom stereocenters. The first kappa shape index (κ1) is 16.7. The second-order valence-corrected chi connectivity index (χ2v) is 5.81. The lowest BCUT2D eigenvalue weighted by molar-refractivity contribution is -0.121. The van der Waals surface area contributed by atoms with Gasteiger partial charge in [0.25, 0.3) is 5.91 Å². The van der Waals surface area contributed by atoms with Gasteiger partial charge in [-0.2, -0.15) is 0 Å². The van der Waals surface area contributed by atoms with E-state index in [2.05, 4.69) is 10.3 Å². The number of fused-ring (bicyclic) bond motifs is 1. The number of nitrogens with one attached hydrogen (secondary N) is 2. The molecule has 5 nitrogen and oxygen atoms in total. The Bertz CT molecular complexity index is 902. The third kappa shape index (κ3) is 3.85. The lowest BCUT2D eigenvalue weighted by atomic mass is 10.1. The number of likely N-dealkylation sites (N-methyl/N-ethyl adjacent to an activating group) is 1. The van der Waals surface area contributed by atoms with Gasteiger partial charge in [-0.05, 0) is 23.8 Å². The van der Waals surface area contributed by atoms with Crippen LogP contribution >= 0.6 is 0 Å². The molecule has 0 radical (unpaired) electrons. The van der Waals surface area contributed by atoms with Gasteiger partial charge in [-0.3, -0.25) is 9.59 Å². The highest BCUT2D eigenvalue weighted by molar-refractivity contribution is 6.07. The summed E-state index contributed by atoms with van der Waals surface area (Å²) in [6.45, 7) is 0.230. The average molecular weight is 339 g/mol. The van der Waals surface area contributed by atoms with E-state index in [4.69, 9.17) is 0 Å². The van der Waals surface area contributed by atoms with E-state index in [-0.39, 0.29) is 30.7 Å². The predicted molar refractivity (Wildman–Crippen MR) is 93.5 cm³/mol. The van der Waals surface area contributed by atoms with Crippen molar-refractivity contribution in [3.8, 4) is 0 Å². The Kier molecular flexibility index (Phi) is 4.79. The number of benzene rings is 2. The first-order valence-corrected chi connectivity index (χ1v) is 7.87. The van der Waals surface area contributed by atoms with Crippen molar-refractivity contribution in [2.75, 3.05) is 13.6 Å². The van der Waals surface area contributed by atoms with Gasteiger partial charge in [-0.15, -0.1) is 0 Å². The van der Waals surface area contributed by atoms with Crippen molar-refractivity contribution in [2.24, 2.45) is 0 Å². The fourth-order valence-corrected chi connectivity index (χ4v) is 2.60. The molecule has 6 heteroatoms. The molecule has 0 saturated carbocycles. The topological polar surface area (TPSA) is 65.2 Å². The van der Waals surface area contributed by atoms with E-state index in [0.717, 1.165) is 16.5 Å². The number of aromatic amines is 1. The molecule has 0 aliphatic carbocycles. The summed E-state index contributed by atoms with van der Waals surface area (Å²) in [5.74, 6) is -0.825. The number of nitrogens with zero attached hydrogens (tertiary/aromatic N) is 1. The maximum Gasteiger partial charge on any atom is 0.256 e. The van der Waals surface area contributed by atoms with Gasteiger partial charge in [0.05, 0.1) is 12.1 Å². The summed E-state index contributed by atoms with van der Waals surface area (Å²) >= 11 is 0. The monoisotopic (exact) mass is 339 g/mol. The van der Waals surface area contributed by atoms with Crippen LogP contribution in [0.4, 0.5) is 4.39 Å². The van der Waals surface area contributed by atoms with E-state index in [1.807, 2.05) is 24.3 Å². The minimum Gasteiger partial charge on any atom is -0.360 e. The summed E-state index contributed by atoms with van der Waals surface area (Å²) in [6, 6.07) is 13.4. The molecule has 1 heterocycles. The third-order valence-corrected chi connectivity index (χ3v) is 3.95. The quantitative estimate of drug-likeness (QED) is 0.751. The molecule has 1 aromatic heterocycles. The molecule has 2 aromatic carbocycles. The van der Waals surface area contributed by atoms with Crippen molar-refractivity contribution in [3.05, 3.63) is 71.7 Å². The Labute approximate surface area is 144 Å². The Hall–Kier alpha value is -3.15. The highest BCUT2D eigenvalue weighted by Crippen LogP contribution is 2.18. The molecule has 0 saturated heterocycles. The number of carbonyl (C=O) groups is 2. The zero-order chi connectivity index (χ0) is 17.8. The number of H-pyrrole nitrogens is 1. The second-order valence-electron chi connectivity index (χ2n) is 5.81. The largest absolute Gasteiger partial charge is 0.360 e. The SMILES string of the molecule is CN(CC(=O)NCc1ccc(F)cc1)C(=O)c1c[nH]c2ccccc12. The van der Waals surface area contributed by atoms with Crippen LogP contribution in [0.2, 0.25) is 0 Å². The Morgan fingerprint density at radius 2 is 1.84 bits per heavy atom. The number of amides is 2. The van der Waals surface area contributed by atoms with Crippen molar-refractivity contribution in [1.82, 2.24) is 15.2 Å². The molecule has 0 atom stereocenters. The minimum absolute atomic E-state index is 0.0560. The van der Waals surface area contributed by atoms with Crippen molar-refractivity contribution in [1.29, 1.82) is 0 Å². The van der Waals surface area contributed by atoms with Gasteiger partial charge in [0.1, 0.15) is 5.82 Å². The van der Waals surface area contributed by atoms with Gasteiger partial charge in [0.2, 0.25) is 5.91 Å². The highest BCUT2D eigenvalue weighted by atomic mass is 19.1. The van der Waals surface area contributed by atoms with Crippen LogP contribution in [0.15, 0.2) is 54.7 Å². The van der Waals surface area contributed by atoms with Gasteiger partial charge in [-0.1, -0.05) is 30.3 Å². The van der Waals surface area contributed by atoms with E-state index >= 15 is 0 Å². The van der Waals surface area contributed by atoms with Crippen LogP contribution < -0.4 is 5.32 Å². The van der Waals surface area contributed by atoms with Crippen LogP contribution in [0.25, 0.3) is 10.9 Å². The number of hydrogen-bond acceptors (Lipinski definition) is 2. The van der Waals surface area contributed by atoms with Crippen molar-refractivity contribution >= 4 is 22.7 Å². The number of halogens is 1. The van der Waals surface area contributed by atoms with Crippen LogP contribution in [0, 0.1) is 5.82 Å². The number of para-hydroxylation sites is 1. The molecular formula is C19H18FN3O2. The zero-order valence-electron chi connectivity index (χ0n) is 13.8. The van der Waals surface area contributed by atoms with Crippen LogP contribution in [0.1, 0.15) is 15.9 Å². The molecule has 2 N–H and O–H groups in total. The number of carbonyl (C=O) groups excluding carboxylic acids is 2. The normalized spacial score (nSPS) is 10.6. The van der Waals surface area contributed by atoms with E-state index in [9.17, 15) is 14.0 Å². The van der Waals surface area contributed by atoms with E-state index in [1.54, 1.807) is 25.4 Å². The van der Waals surface area contributed by atoms with Gasteiger partial charge in [-0.25, -0.2) is 4.39 Å². The Morgan fingerprint density at radius 1 is 1.12 bits per heavy atom. The molecule has 0 aliphatic heterocycles. The Balaban J connectivity index is 1.59. The molecule has 0 fully saturated rings. The molecule has 0 bridgehead atoms. The lowest BCUT2D eigenvalue weighted by Crippen LogP contribution is -2.38. The van der Waals surface area contributed by atoms with Crippen LogP contribution in [0.3, 0.4) is 0 Å². The molecular weight excluding hydrogens is 321 g/mol. The summed E-state index contributed by atoms with van der Waals surface area (Å²) < 4.78 is 12.9. The zero-order valence-corrected chi connectivity index (χ0v) is 13.8. The highest BCUT2D eigenvalue weighted by Gasteiger charge is 2.18. The van der Waals surface area contributed by atoms with Gasteiger partial charge in [0.15, 0.2) is 0 Å². The average Bonchev–Trinajstić information content (AvgIpc) is 3.04. The maximum absolute atomic E-state index is 12.9. The summed E-state index contributed by atoms with van der Waals surface area (Å²) in [6.07, 6.45) is 1.65. The smallest absolute Gasteiger partial charge is 0.256 e. The lowest BCUT2D eigenvalue weighted by Gasteiger charge is -2.16.